The fourth-order valence-electron chi connectivity index (χ4n) is 9.64. The van der Waals surface area contributed by atoms with E-state index in [1.165, 1.54) is 110 Å². The van der Waals surface area contributed by atoms with Gasteiger partial charge in [-0.2, -0.15) is 0 Å². The number of nitrogens with zero attached hydrogens (tertiary/aromatic N) is 1. The van der Waals surface area contributed by atoms with Gasteiger partial charge < -0.3 is 4.57 Å². The summed E-state index contributed by atoms with van der Waals surface area (Å²) in [6.45, 7) is 4.45. The lowest BCUT2D eigenvalue weighted by molar-refractivity contribution is 1.18. The van der Waals surface area contributed by atoms with Crippen molar-refractivity contribution in [1.82, 2.24) is 4.57 Å². The van der Waals surface area contributed by atoms with Crippen LogP contribution in [0, 0.1) is 13.8 Å². The Morgan fingerprint density at radius 2 is 0.770 bits per heavy atom. The van der Waals surface area contributed by atoms with Gasteiger partial charge in [-0.15, -0.1) is 0 Å². The third-order valence-corrected chi connectivity index (χ3v) is 12.4. The molecule has 0 atom stereocenters. The largest absolute Gasteiger partial charge is 0.309 e. The van der Waals surface area contributed by atoms with Crippen molar-refractivity contribution in [2.45, 2.75) is 13.8 Å². The molecule has 1 heterocycles. The van der Waals surface area contributed by atoms with Gasteiger partial charge in [0.15, 0.2) is 0 Å². The van der Waals surface area contributed by atoms with Crippen LogP contribution in [-0.2, 0) is 0 Å². The van der Waals surface area contributed by atoms with Crippen molar-refractivity contribution < 1.29 is 0 Å². The third kappa shape index (κ3) is 6.63. The van der Waals surface area contributed by atoms with Crippen LogP contribution in [0.1, 0.15) is 11.1 Å². The Hall–Kier alpha value is -6.75. The predicted molar refractivity (Wildman–Crippen MR) is 272 cm³/mol. The highest BCUT2D eigenvalue weighted by Gasteiger charge is 2.19. The Balaban J connectivity index is 0.00000220. The number of hydrogen-bond acceptors (Lipinski definition) is 0. The van der Waals surface area contributed by atoms with Crippen molar-refractivity contribution in [2.24, 2.45) is 0 Å². The lowest BCUT2D eigenvalue weighted by Gasteiger charge is -2.18. The van der Waals surface area contributed by atoms with Crippen molar-refractivity contribution in [3.63, 3.8) is 0 Å². The van der Waals surface area contributed by atoms with E-state index in [-0.39, 0.29) is 0 Å². The number of aromatic nitrogens is 1. The second-order valence-electron chi connectivity index (χ2n) is 15.7. The summed E-state index contributed by atoms with van der Waals surface area (Å²) in [6.07, 6.45) is 0. The molecule has 10 aromatic carbocycles. The maximum Gasteiger partial charge on any atom is 0.0547 e. The molecule has 0 bridgehead atoms. The molecule has 0 aliphatic carbocycles. The smallest absolute Gasteiger partial charge is 0.0547 e. The number of aryl methyl sites for hydroxylation is 1. The van der Waals surface area contributed by atoms with Gasteiger partial charge in [0.25, 0.3) is 0 Å². The first kappa shape index (κ1) is 38.5. The molecule has 0 amide bonds. The van der Waals surface area contributed by atoms with Crippen LogP contribution < -0.4 is 0 Å². The Labute approximate surface area is 371 Å². The highest BCUT2D eigenvalue weighted by Crippen LogP contribution is 2.45. The maximum absolute atomic E-state index is 2.44. The number of hydrogen-bond donors (Lipinski definition) is 0. The molecule has 1 nitrogen and oxygen atoms in total. The van der Waals surface area contributed by atoms with Gasteiger partial charge in [-0.1, -0.05) is 205 Å². The van der Waals surface area contributed by atoms with E-state index < -0.39 is 0 Å². The number of fused-ring (bicyclic) bond motifs is 5. The molecule has 1 aromatic heterocycles. The van der Waals surface area contributed by atoms with Crippen LogP contribution in [0.25, 0.3) is 105 Å². The Kier molecular flexibility index (Phi) is 10.3. The summed E-state index contributed by atoms with van der Waals surface area (Å²) in [4.78, 5) is 1.97. The molecule has 292 valence electrons. The van der Waals surface area contributed by atoms with Crippen molar-refractivity contribution in [1.29, 1.82) is 0 Å². The SMILES string of the molecule is CI.Cc1ccccc1-c1cccc(-c2cccc(-c3cccc4c3c3ccccc3n4-c3ccc(-c4c5ccccc5c(-c5ccccc5)c5ccccc45)cc3)c2)c1C. The van der Waals surface area contributed by atoms with Gasteiger partial charge in [-0.05, 0) is 137 Å². The topological polar surface area (TPSA) is 4.93 Å². The van der Waals surface area contributed by atoms with Gasteiger partial charge in [-0.25, -0.2) is 0 Å². The van der Waals surface area contributed by atoms with Crippen LogP contribution in [0.2, 0.25) is 0 Å². The van der Waals surface area contributed by atoms with Gasteiger partial charge in [0.05, 0.1) is 11.0 Å². The molecule has 0 saturated carbocycles. The van der Waals surface area contributed by atoms with Crippen LogP contribution >= 0.6 is 22.6 Å². The number of para-hydroxylation sites is 1. The molecule has 0 N–H and O–H groups in total. The fourth-order valence-corrected chi connectivity index (χ4v) is 9.64. The zero-order valence-corrected chi connectivity index (χ0v) is 36.7. The highest BCUT2D eigenvalue weighted by molar-refractivity contribution is 14.1. The van der Waals surface area contributed by atoms with E-state index in [4.69, 9.17) is 0 Å². The predicted octanol–water partition coefficient (Wildman–Crippen LogP) is 17.1. The van der Waals surface area contributed by atoms with Crippen LogP contribution in [0.5, 0.6) is 0 Å². The highest BCUT2D eigenvalue weighted by atomic mass is 127. The van der Waals surface area contributed by atoms with Gasteiger partial charge in [0.2, 0.25) is 0 Å². The summed E-state index contributed by atoms with van der Waals surface area (Å²) in [5, 5.41) is 7.58. The third-order valence-electron chi connectivity index (χ3n) is 12.4. The van der Waals surface area contributed by atoms with E-state index in [0.29, 0.717) is 0 Å². The number of rotatable bonds is 6. The van der Waals surface area contributed by atoms with Gasteiger partial charge in [0.1, 0.15) is 0 Å². The van der Waals surface area contributed by atoms with Gasteiger partial charge in [-0.3, -0.25) is 0 Å². The molecule has 0 fully saturated rings. The van der Waals surface area contributed by atoms with Crippen molar-refractivity contribution in [3.8, 4) is 61.3 Å². The lowest BCUT2D eigenvalue weighted by Crippen LogP contribution is -1.95. The monoisotopic (exact) mass is 893 g/mol. The van der Waals surface area contributed by atoms with E-state index >= 15 is 0 Å². The van der Waals surface area contributed by atoms with E-state index in [1.807, 2.05) is 4.93 Å². The van der Waals surface area contributed by atoms with E-state index in [0.717, 1.165) is 5.69 Å². The molecule has 0 saturated heterocycles. The quantitative estimate of drug-likeness (QED) is 0.0890. The summed E-state index contributed by atoms with van der Waals surface area (Å²) in [5.41, 5.74) is 18.6. The average Bonchev–Trinajstić information content (AvgIpc) is 3.67. The summed E-state index contributed by atoms with van der Waals surface area (Å²) in [6, 6.07) is 77.9. The second-order valence-corrected chi connectivity index (χ2v) is 15.7. The van der Waals surface area contributed by atoms with Crippen LogP contribution in [0.15, 0.2) is 212 Å². The van der Waals surface area contributed by atoms with Crippen LogP contribution in [0.3, 0.4) is 0 Å². The van der Waals surface area contributed by atoms with E-state index in [1.54, 1.807) is 0 Å². The minimum atomic E-state index is 1.14. The van der Waals surface area contributed by atoms with E-state index in [9.17, 15) is 0 Å². The van der Waals surface area contributed by atoms with Gasteiger partial charge in [0, 0.05) is 16.5 Å². The molecular weight excluding hydrogens is 850 g/mol. The molecule has 0 unspecified atom stereocenters. The first-order chi connectivity index (χ1) is 30.1. The minimum Gasteiger partial charge on any atom is -0.309 e. The molecule has 11 rings (SSSR count). The second kappa shape index (κ2) is 16.4. The molecule has 0 radical (unpaired) electrons. The van der Waals surface area contributed by atoms with Crippen molar-refractivity contribution in [3.05, 3.63) is 223 Å². The summed E-state index contributed by atoms with van der Waals surface area (Å²) in [5.74, 6) is 0. The van der Waals surface area contributed by atoms with E-state index in [2.05, 4.69) is 253 Å². The Bertz CT molecular complexity index is 3330. The lowest BCUT2D eigenvalue weighted by atomic mass is 9.86. The molecule has 2 heteroatoms. The Morgan fingerprint density at radius 1 is 0.328 bits per heavy atom. The first-order valence-corrected chi connectivity index (χ1v) is 23.1. The summed E-state index contributed by atoms with van der Waals surface area (Å²) >= 11 is 2.15. The molecular formula is C59H44IN. The maximum atomic E-state index is 2.44. The minimum absolute atomic E-state index is 1.14. The van der Waals surface area contributed by atoms with Crippen LogP contribution in [-0.4, -0.2) is 9.50 Å². The molecule has 11 aromatic rings. The standard InChI is InChI=1S/C58H41N.CH3I/c1-38-17-6-7-22-45(38)47-29-15-28-46(39(47)2)42-20-14-21-43(37-42)48-30-16-32-55-58(48)53-27-12-13-31-54(53)59(55)44-35-33-41(34-36-44)57-51-25-10-8-23-49(51)56(40-18-4-3-5-19-40)50-24-9-11-26-52(50)57;1-2/h3-37H,1-2H3;1H3. The molecule has 0 aliphatic rings. The molecule has 61 heavy (non-hydrogen) atoms. The Morgan fingerprint density at radius 3 is 1.43 bits per heavy atom. The zero-order chi connectivity index (χ0) is 41.5. The first-order valence-electron chi connectivity index (χ1n) is 20.9. The van der Waals surface area contributed by atoms with Crippen LogP contribution in [0.4, 0.5) is 0 Å². The number of benzene rings is 10. The number of halogens is 1. The average molecular weight is 894 g/mol. The zero-order valence-electron chi connectivity index (χ0n) is 34.5. The van der Waals surface area contributed by atoms with Crippen molar-refractivity contribution in [2.75, 3.05) is 4.93 Å². The fraction of sp³-hybridized carbons (Fsp3) is 0.0508. The molecule has 0 aliphatic heterocycles. The molecule has 0 spiro atoms. The van der Waals surface area contributed by atoms with Gasteiger partial charge >= 0.3 is 0 Å². The van der Waals surface area contributed by atoms with Crippen molar-refractivity contribution >= 4 is 65.9 Å². The summed E-state index contributed by atoms with van der Waals surface area (Å²) < 4.78 is 2.44. The normalized spacial score (nSPS) is 11.3. The summed E-state index contributed by atoms with van der Waals surface area (Å²) in [7, 11) is 0. The number of alkyl halides is 1.